The van der Waals surface area contributed by atoms with E-state index in [0.717, 1.165) is 46.1 Å². The van der Waals surface area contributed by atoms with Crippen LogP contribution in [0.25, 0.3) is 10.2 Å². The summed E-state index contributed by atoms with van der Waals surface area (Å²) in [6.45, 7) is 12.3. The number of pyridine rings is 1. The Hall–Kier alpha value is -2.78. The lowest BCUT2D eigenvalue weighted by atomic mass is 10.2. The summed E-state index contributed by atoms with van der Waals surface area (Å²) < 4.78 is 11.0. The van der Waals surface area contributed by atoms with Gasteiger partial charge in [0.25, 0.3) is 0 Å². The number of hydrogen-bond acceptors (Lipinski definition) is 9. The summed E-state index contributed by atoms with van der Waals surface area (Å²) in [7, 11) is 0. The van der Waals surface area contributed by atoms with Crippen LogP contribution >= 0.6 is 11.3 Å². The number of esters is 1. The van der Waals surface area contributed by atoms with Crippen LogP contribution in [-0.2, 0) is 16.0 Å². The van der Waals surface area contributed by atoms with E-state index in [2.05, 4.69) is 51.1 Å². The highest BCUT2D eigenvalue weighted by Gasteiger charge is 2.23. The van der Waals surface area contributed by atoms with E-state index in [1.165, 1.54) is 11.3 Å². The van der Waals surface area contributed by atoms with Crippen molar-refractivity contribution in [2.45, 2.75) is 53.4 Å². The lowest BCUT2D eigenvalue weighted by Crippen LogP contribution is -2.45. The van der Waals surface area contributed by atoms with E-state index < -0.39 is 0 Å². The lowest BCUT2D eigenvalue weighted by Gasteiger charge is -2.36. The van der Waals surface area contributed by atoms with Crippen molar-refractivity contribution in [2.24, 2.45) is 0 Å². The number of morpholine rings is 1. The molecule has 0 amide bonds. The quantitative estimate of drug-likeness (QED) is 0.556. The summed E-state index contributed by atoms with van der Waals surface area (Å²) in [5, 5.41) is 4.28. The minimum atomic E-state index is -0.317. The molecule has 0 radical (unpaired) electrons. The summed E-state index contributed by atoms with van der Waals surface area (Å²) in [6, 6.07) is 4.13. The Morgan fingerprint density at radius 3 is 2.66 bits per heavy atom. The van der Waals surface area contributed by atoms with E-state index in [1.807, 2.05) is 20.0 Å². The van der Waals surface area contributed by atoms with Crippen LogP contribution in [0.5, 0.6) is 0 Å². The van der Waals surface area contributed by atoms with Gasteiger partial charge in [0.2, 0.25) is 0 Å². The van der Waals surface area contributed by atoms with Crippen LogP contribution < -0.4 is 10.2 Å². The van der Waals surface area contributed by atoms with Crippen molar-refractivity contribution >= 4 is 39.2 Å². The van der Waals surface area contributed by atoms with Crippen LogP contribution in [0.2, 0.25) is 0 Å². The molecule has 1 saturated heterocycles. The molecule has 3 aromatic rings. The minimum absolute atomic E-state index is 0.193. The van der Waals surface area contributed by atoms with E-state index in [1.54, 1.807) is 6.92 Å². The van der Waals surface area contributed by atoms with Gasteiger partial charge in [-0.2, -0.15) is 0 Å². The summed E-state index contributed by atoms with van der Waals surface area (Å²) in [4.78, 5) is 29.7. The van der Waals surface area contributed by atoms with Gasteiger partial charge in [0.1, 0.15) is 27.2 Å². The summed E-state index contributed by atoms with van der Waals surface area (Å²) >= 11 is 1.35. The molecule has 1 aliphatic heterocycles. The second-order valence-electron chi connectivity index (χ2n) is 8.12. The topological polar surface area (TPSA) is 89.5 Å². The van der Waals surface area contributed by atoms with Gasteiger partial charge >= 0.3 is 5.97 Å². The first-order chi connectivity index (χ1) is 15.4. The third-order valence-corrected chi connectivity index (χ3v) is 6.54. The number of nitrogens with zero attached hydrogens (tertiary/aromatic N) is 4. The van der Waals surface area contributed by atoms with E-state index in [-0.39, 0.29) is 18.2 Å². The van der Waals surface area contributed by atoms with Gasteiger partial charge < -0.3 is 19.7 Å². The van der Waals surface area contributed by atoms with Crippen molar-refractivity contribution in [1.29, 1.82) is 0 Å². The number of carbonyl (C=O) groups is 1. The van der Waals surface area contributed by atoms with Gasteiger partial charge in [-0.25, -0.2) is 19.7 Å². The first-order valence-corrected chi connectivity index (χ1v) is 11.7. The van der Waals surface area contributed by atoms with Crippen molar-refractivity contribution in [3.05, 3.63) is 40.2 Å². The third-order valence-electron chi connectivity index (χ3n) is 5.38. The van der Waals surface area contributed by atoms with Crippen molar-refractivity contribution < 1.29 is 14.3 Å². The Balaban J connectivity index is 1.52. The number of thiophene rings is 1. The van der Waals surface area contributed by atoms with Gasteiger partial charge in [0.05, 0.1) is 24.2 Å². The molecule has 1 aliphatic rings. The molecule has 4 rings (SSSR count). The van der Waals surface area contributed by atoms with Gasteiger partial charge in [-0.1, -0.05) is 6.07 Å². The molecule has 3 aromatic heterocycles. The summed E-state index contributed by atoms with van der Waals surface area (Å²) in [5.41, 5.74) is 1.89. The monoisotopic (exact) mass is 455 g/mol. The largest absolute Gasteiger partial charge is 0.462 e. The number of hydrogen-bond donors (Lipinski definition) is 1. The maximum atomic E-state index is 12.3. The van der Waals surface area contributed by atoms with Crippen molar-refractivity contribution in [3.8, 4) is 0 Å². The molecule has 0 saturated carbocycles. The maximum absolute atomic E-state index is 12.3. The van der Waals surface area contributed by atoms with Crippen molar-refractivity contribution in [3.63, 3.8) is 0 Å². The van der Waals surface area contributed by atoms with E-state index in [9.17, 15) is 4.79 Å². The van der Waals surface area contributed by atoms with E-state index >= 15 is 0 Å². The predicted molar refractivity (Wildman–Crippen MR) is 127 cm³/mol. The number of nitrogens with one attached hydrogen (secondary N) is 1. The second-order valence-corrected chi connectivity index (χ2v) is 9.12. The zero-order valence-electron chi connectivity index (χ0n) is 19.1. The van der Waals surface area contributed by atoms with Gasteiger partial charge in [-0.15, -0.1) is 11.3 Å². The zero-order valence-corrected chi connectivity index (χ0v) is 20.0. The molecule has 1 fully saturated rings. The van der Waals surface area contributed by atoms with Crippen LogP contribution in [0.15, 0.2) is 18.3 Å². The van der Waals surface area contributed by atoms with Crippen LogP contribution in [-0.4, -0.2) is 52.8 Å². The number of anilines is 2. The van der Waals surface area contributed by atoms with Gasteiger partial charge in [-0.3, -0.25) is 0 Å². The fraction of sp³-hybridized carbons (Fsp3) is 0.478. The van der Waals surface area contributed by atoms with Crippen LogP contribution in [0.4, 0.5) is 11.6 Å². The Kier molecular flexibility index (Phi) is 6.57. The standard InChI is InChI=1S/C23H29N5O3S/c1-6-30-23(29)20-15(4)19-21(26-16(5)27-22(19)32-20)25-10-17-7-8-18(24-9-17)28-11-13(2)31-14(3)12-28/h7-9,13-14H,6,10-12H2,1-5H3,(H,25,26,27). The number of ether oxygens (including phenoxy) is 2. The number of fused-ring (bicyclic) bond motifs is 1. The normalized spacial score (nSPS) is 18.7. The number of rotatable bonds is 6. The highest BCUT2D eigenvalue weighted by atomic mass is 32.1. The van der Waals surface area contributed by atoms with Gasteiger partial charge in [0.15, 0.2) is 0 Å². The molecular formula is C23H29N5O3S. The molecule has 1 N–H and O–H groups in total. The van der Waals surface area contributed by atoms with Gasteiger partial charge in [0, 0.05) is 25.8 Å². The Morgan fingerprint density at radius 2 is 2.00 bits per heavy atom. The first kappa shape index (κ1) is 22.4. The highest BCUT2D eigenvalue weighted by molar-refractivity contribution is 7.20. The number of carbonyl (C=O) groups excluding carboxylic acids is 1. The van der Waals surface area contributed by atoms with Crippen molar-refractivity contribution in [2.75, 3.05) is 29.9 Å². The molecule has 4 heterocycles. The second kappa shape index (κ2) is 9.38. The minimum Gasteiger partial charge on any atom is -0.462 e. The molecule has 9 heteroatoms. The van der Waals surface area contributed by atoms with Crippen LogP contribution in [0, 0.1) is 13.8 Å². The Morgan fingerprint density at radius 1 is 1.25 bits per heavy atom. The van der Waals surface area contributed by atoms with Crippen molar-refractivity contribution in [1.82, 2.24) is 15.0 Å². The smallest absolute Gasteiger partial charge is 0.348 e. The molecule has 2 unspecified atom stereocenters. The van der Waals surface area contributed by atoms with E-state index in [4.69, 9.17) is 9.47 Å². The lowest BCUT2D eigenvalue weighted by molar-refractivity contribution is -0.00546. The average Bonchev–Trinajstić information content (AvgIpc) is 3.08. The van der Waals surface area contributed by atoms with Crippen LogP contribution in [0.1, 0.15) is 47.4 Å². The average molecular weight is 456 g/mol. The molecule has 0 aromatic carbocycles. The number of aryl methyl sites for hydroxylation is 2. The zero-order chi connectivity index (χ0) is 22.8. The number of aromatic nitrogens is 3. The fourth-order valence-electron chi connectivity index (χ4n) is 4.02. The predicted octanol–water partition coefficient (Wildman–Crippen LogP) is 4.11. The van der Waals surface area contributed by atoms with Crippen LogP contribution in [0.3, 0.4) is 0 Å². The summed E-state index contributed by atoms with van der Waals surface area (Å²) in [5.74, 6) is 2.02. The molecule has 0 spiro atoms. The molecular weight excluding hydrogens is 426 g/mol. The molecule has 0 aliphatic carbocycles. The molecule has 8 nitrogen and oxygen atoms in total. The molecule has 2 atom stereocenters. The Labute approximate surface area is 192 Å². The first-order valence-electron chi connectivity index (χ1n) is 10.9. The molecule has 170 valence electrons. The Bertz CT molecular complexity index is 1110. The third kappa shape index (κ3) is 4.68. The fourth-order valence-corrected chi connectivity index (χ4v) is 5.14. The molecule has 0 bridgehead atoms. The van der Waals surface area contributed by atoms with Gasteiger partial charge in [-0.05, 0) is 51.8 Å². The van der Waals surface area contributed by atoms with E-state index in [0.29, 0.717) is 23.9 Å². The molecule has 32 heavy (non-hydrogen) atoms. The summed E-state index contributed by atoms with van der Waals surface area (Å²) in [6.07, 6.45) is 2.28. The maximum Gasteiger partial charge on any atom is 0.348 e. The SMILES string of the molecule is CCOC(=O)c1sc2nc(C)nc(NCc3ccc(N4CC(C)OC(C)C4)nc3)c2c1C. The highest BCUT2D eigenvalue weighted by Crippen LogP contribution is 2.34.